The van der Waals surface area contributed by atoms with Gasteiger partial charge in [0.2, 0.25) is 0 Å². The summed E-state index contributed by atoms with van der Waals surface area (Å²) < 4.78 is 5.70. The second kappa shape index (κ2) is 11.5. The predicted octanol–water partition coefficient (Wildman–Crippen LogP) is 3.98. The summed E-state index contributed by atoms with van der Waals surface area (Å²) in [4.78, 5) is 9.56. The Labute approximate surface area is 174 Å². The van der Waals surface area contributed by atoms with Gasteiger partial charge >= 0.3 is 0 Å². The summed E-state index contributed by atoms with van der Waals surface area (Å²) in [6.45, 7) is 9.23. The van der Waals surface area contributed by atoms with Crippen molar-refractivity contribution in [2.45, 2.75) is 32.6 Å². The number of aromatic hydroxyl groups is 1. The smallest absolute Gasteiger partial charge is 0.152 e. The third-order valence-corrected chi connectivity index (χ3v) is 5.30. The molecule has 1 aromatic carbocycles. The highest BCUT2D eigenvalue weighted by Crippen LogP contribution is 2.23. The van der Waals surface area contributed by atoms with E-state index in [4.69, 9.17) is 4.74 Å². The first-order chi connectivity index (χ1) is 14.3. The lowest BCUT2D eigenvalue weighted by Gasteiger charge is -2.36. The van der Waals surface area contributed by atoms with Gasteiger partial charge in [-0.3, -0.25) is 4.90 Å². The molecule has 6 nitrogen and oxygen atoms in total. The van der Waals surface area contributed by atoms with Crippen LogP contribution in [-0.4, -0.2) is 60.9 Å². The van der Waals surface area contributed by atoms with Gasteiger partial charge in [0.25, 0.3) is 0 Å². The van der Waals surface area contributed by atoms with E-state index >= 15 is 0 Å². The zero-order valence-corrected chi connectivity index (χ0v) is 17.5. The fourth-order valence-electron chi connectivity index (χ4n) is 3.68. The number of anilines is 2. The summed E-state index contributed by atoms with van der Waals surface area (Å²) in [5.41, 5.74) is 1.14. The lowest BCUT2D eigenvalue weighted by atomic mass is 10.2. The largest absolute Gasteiger partial charge is 0.508 e. The Morgan fingerprint density at radius 1 is 1.00 bits per heavy atom. The van der Waals surface area contributed by atoms with E-state index in [1.807, 2.05) is 12.3 Å². The summed E-state index contributed by atoms with van der Waals surface area (Å²) in [6.07, 6.45) is 6.63. The molecule has 0 spiro atoms. The quantitative estimate of drug-likeness (QED) is 0.558. The molecule has 0 unspecified atom stereocenters. The number of nitrogens with zero attached hydrogens (tertiary/aromatic N) is 3. The van der Waals surface area contributed by atoms with Crippen molar-refractivity contribution in [3.05, 3.63) is 42.6 Å². The molecule has 2 aromatic rings. The molecule has 158 valence electrons. The number of nitrogens with one attached hydrogen (secondary N) is 1. The van der Waals surface area contributed by atoms with Crippen LogP contribution in [0.2, 0.25) is 0 Å². The molecule has 3 rings (SSSR count). The predicted molar refractivity (Wildman–Crippen MR) is 119 cm³/mol. The van der Waals surface area contributed by atoms with Gasteiger partial charge in [0.15, 0.2) is 5.82 Å². The maximum absolute atomic E-state index is 9.27. The van der Waals surface area contributed by atoms with E-state index < -0.39 is 0 Å². The van der Waals surface area contributed by atoms with Crippen molar-refractivity contribution >= 4 is 11.5 Å². The van der Waals surface area contributed by atoms with Gasteiger partial charge in [-0.05, 0) is 62.7 Å². The van der Waals surface area contributed by atoms with Gasteiger partial charge in [-0.25, -0.2) is 4.98 Å². The van der Waals surface area contributed by atoms with Gasteiger partial charge in [0.05, 0.1) is 12.3 Å². The maximum Gasteiger partial charge on any atom is 0.152 e. The van der Waals surface area contributed by atoms with E-state index in [2.05, 4.69) is 33.1 Å². The second-order valence-corrected chi connectivity index (χ2v) is 7.49. The number of aromatic nitrogens is 1. The number of hydrogen-bond donors (Lipinski definition) is 2. The zero-order chi connectivity index (χ0) is 20.3. The van der Waals surface area contributed by atoms with E-state index in [0.29, 0.717) is 0 Å². The SMILES string of the molecule is CCNc1cccnc1N1CCN(CCCCCCOc2ccc(O)cc2)CC1. The van der Waals surface area contributed by atoms with Crippen LogP contribution in [0.4, 0.5) is 11.5 Å². The number of phenolic OH excluding ortho intramolecular Hbond substituents is 1. The Bertz CT molecular complexity index is 715. The zero-order valence-electron chi connectivity index (χ0n) is 17.5. The molecule has 0 bridgehead atoms. The Kier molecular flexibility index (Phi) is 8.43. The van der Waals surface area contributed by atoms with Gasteiger partial charge in [-0.1, -0.05) is 12.8 Å². The van der Waals surface area contributed by atoms with E-state index in [1.165, 1.54) is 25.8 Å². The highest BCUT2D eigenvalue weighted by molar-refractivity contribution is 5.65. The van der Waals surface area contributed by atoms with Crippen LogP contribution in [0.3, 0.4) is 0 Å². The van der Waals surface area contributed by atoms with Crippen LogP contribution in [0.5, 0.6) is 11.5 Å². The number of unbranched alkanes of at least 4 members (excludes halogenated alkanes) is 3. The van der Waals surface area contributed by atoms with Crippen molar-refractivity contribution in [1.82, 2.24) is 9.88 Å². The highest BCUT2D eigenvalue weighted by atomic mass is 16.5. The van der Waals surface area contributed by atoms with Crippen LogP contribution in [0.1, 0.15) is 32.6 Å². The first kappa shape index (κ1) is 21.2. The van der Waals surface area contributed by atoms with E-state index in [9.17, 15) is 5.11 Å². The standard InChI is InChI=1S/C23H34N4O2/c1-2-24-22-8-7-13-25-23(22)27-17-15-26(16-18-27)14-5-3-4-6-19-29-21-11-9-20(28)10-12-21/h7-13,24,28H,2-6,14-19H2,1H3. The molecule has 1 aliphatic rings. The van der Waals surface area contributed by atoms with Gasteiger partial charge in [-0.2, -0.15) is 0 Å². The molecule has 29 heavy (non-hydrogen) atoms. The van der Waals surface area contributed by atoms with Gasteiger partial charge in [0.1, 0.15) is 11.5 Å². The van der Waals surface area contributed by atoms with Crippen molar-refractivity contribution in [3.8, 4) is 11.5 Å². The monoisotopic (exact) mass is 398 g/mol. The Hall–Kier alpha value is -2.47. The van der Waals surface area contributed by atoms with E-state index in [1.54, 1.807) is 24.3 Å². The summed E-state index contributed by atoms with van der Waals surface area (Å²) in [6, 6.07) is 11.0. The molecule has 1 aromatic heterocycles. The molecule has 6 heteroatoms. The molecule has 1 saturated heterocycles. The molecule has 2 heterocycles. The fourth-order valence-corrected chi connectivity index (χ4v) is 3.68. The molecule has 0 atom stereocenters. The van der Waals surface area contributed by atoms with Crippen LogP contribution >= 0.6 is 0 Å². The average molecular weight is 399 g/mol. The van der Waals surface area contributed by atoms with Gasteiger partial charge < -0.3 is 20.1 Å². The number of phenols is 1. The summed E-state index contributed by atoms with van der Waals surface area (Å²) in [5, 5.41) is 12.7. The Balaban J connectivity index is 1.26. The van der Waals surface area contributed by atoms with Crippen LogP contribution < -0.4 is 15.0 Å². The summed E-state index contributed by atoms with van der Waals surface area (Å²) in [7, 11) is 0. The Morgan fingerprint density at radius 2 is 1.76 bits per heavy atom. The summed E-state index contributed by atoms with van der Waals surface area (Å²) in [5.74, 6) is 2.18. The molecule has 2 N–H and O–H groups in total. The van der Waals surface area contributed by atoms with E-state index in [-0.39, 0.29) is 5.75 Å². The number of hydrogen-bond acceptors (Lipinski definition) is 6. The molecule has 0 aliphatic carbocycles. The molecule has 1 aliphatic heterocycles. The summed E-state index contributed by atoms with van der Waals surface area (Å²) >= 11 is 0. The van der Waals surface area contributed by atoms with Crippen molar-refractivity contribution in [2.75, 3.05) is 56.1 Å². The van der Waals surface area contributed by atoms with Crippen LogP contribution in [-0.2, 0) is 0 Å². The van der Waals surface area contributed by atoms with Gasteiger partial charge in [0, 0.05) is 38.9 Å². The van der Waals surface area contributed by atoms with Crippen molar-refractivity contribution < 1.29 is 9.84 Å². The molecule has 0 radical (unpaired) electrons. The minimum Gasteiger partial charge on any atom is -0.508 e. The fraction of sp³-hybridized carbons (Fsp3) is 0.522. The van der Waals surface area contributed by atoms with Crippen molar-refractivity contribution in [1.29, 1.82) is 0 Å². The third kappa shape index (κ3) is 6.82. The normalized spacial score (nSPS) is 14.7. The number of piperazine rings is 1. The molecular weight excluding hydrogens is 364 g/mol. The number of benzene rings is 1. The lowest BCUT2D eigenvalue weighted by molar-refractivity contribution is 0.249. The number of pyridine rings is 1. The van der Waals surface area contributed by atoms with Crippen molar-refractivity contribution in [2.24, 2.45) is 0 Å². The third-order valence-electron chi connectivity index (χ3n) is 5.30. The average Bonchev–Trinajstić information content (AvgIpc) is 2.75. The Morgan fingerprint density at radius 3 is 2.52 bits per heavy atom. The minimum absolute atomic E-state index is 0.274. The van der Waals surface area contributed by atoms with Crippen LogP contribution in [0, 0.1) is 0 Å². The second-order valence-electron chi connectivity index (χ2n) is 7.49. The number of rotatable bonds is 11. The van der Waals surface area contributed by atoms with E-state index in [0.717, 1.165) is 63.0 Å². The number of ether oxygens (including phenoxy) is 1. The molecular formula is C23H34N4O2. The van der Waals surface area contributed by atoms with Crippen LogP contribution in [0.15, 0.2) is 42.6 Å². The first-order valence-electron chi connectivity index (χ1n) is 10.8. The maximum atomic E-state index is 9.27. The topological polar surface area (TPSA) is 60.9 Å². The molecule has 1 fully saturated rings. The van der Waals surface area contributed by atoms with Crippen LogP contribution in [0.25, 0.3) is 0 Å². The van der Waals surface area contributed by atoms with Gasteiger partial charge in [-0.15, -0.1) is 0 Å². The molecule has 0 amide bonds. The molecule has 0 saturated carbocycles. The first-order valence-corrected chi connectivity index (χ1v) is 10.8. The lowest BCUT2D eigenvalue weighted by Crippen LogP contribution is -2.47. The van der Waals surface area contributed by atoms with Crippen molar-refractivity contribution in [3.63, 3.8) is 0 Å². The highest BCUT2D eigenvalue weighted by Gasteiger charge is 2.19. The minimum atomic E-state index is 0.274.